The molecule has 0 aliphatic heterocycles. The third-order valence-electron chi connectivity index (χ3n) is 0.742. The maximum Gasteiger partial charge on any atom is 0.222 e. The fraction of sp³-hybridized carbons (Fsp3) is 0.200. The molecule has 0 aliphatic rings. The van der Waals surface area contributed by atoms with Crippen molar-refractivity contribution in [2.24, 2.45) is 0 Å². The van der Waals surface area contributed by atoms with Crippen LogP contribution in [-0.2, 0) is 4.79 Å². The third-order valence-corrected chi connectivity index (χ3v) is 1.30. The summed E-state index contributed by atoms with van der Waals surface area (Å²) in [5, 5.41) is 4.36. The molecule has 0 radical (unpaired) electrons. The maximum atomic E-state index is 10.4. The van der Waals surface area contributed by atoms with Gasteiger partial charge < -0.3 is 5.32 Å². The highest BCUT2D eigenvalue weighted by Gasteiger charge is 1.93. The molecule has 0 unspecified atom stereocenters. The molecule has 0 aliphatic carbocycles. The molecule has 0 fully saturated rings. The van der Waals surface area contributed by atoms with Crippen LogP contribution in [0.15, 0.2) is 11.4 Å². The zero-order valence-electron chi connectivity index (χ0n) is 4.92. The van der Waals surface area contributed by atoms with Gasteiger partial charge in [-0.25, -0.2) is 0 Å². The van der Waals surface area contributed by atoms with Gasteiger partial charge in [0.05, 0.1) is 0 Å². The van der Waals surface area contributed by atoms with Crippen molar-refractivity contribution in [3.05, 3.63) is 11.4 Å². The average molecular weight is 142 g/mol. The van der Waals surface area contributed by atoms with Gasteiger partial charge in [0.2, 0.25) is 5.91 Å². The van der Waals surface area contributed by atoms with Gasteiger partial charge in [-0.3, -0.25) is 4.79 Å². The maximum absolute atomic E-state index is 10.4. The van der Waals surface area contributed by atoms with E-state index in [1.54, 1.807) is 6.07 Å². The Morgan fingerprint density at radius 2 is 2.67 bits per heavy atom. The van der Waals surface area contributed by atoms with Gasteiger partial charge >= 0.3 is 0 Å². The number of hydrogen-bond acceptors (Lipinski definition) is 3. The topological polar surface area (TPSA) is 42.0 Å². The summed E-state index contributed by atoms with van der Waals surface area (Å²) < 4.78 is 3.87. The molecule has 3 nitrogen and oxygen atoms in total. The first-order valence-electron chi connectivity index (χ1n) is 2.47. The van der Waals surface area contributed by atoms with Gasteiger partial charge in [0.1, 0.15) is 5.82 Å². The van der Waals surface area contributed by atoms with E-state index in [1.165, 1.54) is 18.5 Å². The zero-order chi connectivity index (χ0) is 6.69. The molecule has 0 saturated carbocycles. The van der Waals surface area contributed by atoms with E-state index in [0.717, 1.165) is 0 Å². The van der Waals surface area contributed by atoms with Crippen LogP contribution in [0, 0.1) is 0 Å². The number of anilines is 1. The first-order chi connectivity index (χ1) is 4.29. The second-order valence-corrected chi connectivity index (χ2v) is 2.23. The minimum Gasteiger partial charge on any atom is -0.310 e. The van der Waals surface area contributed by atoms with Gasteiger partial charge in [-0.2, -0.15) is 4.37 Å². The Morgan fingerprint density at radius 1 is 1.89 bits per heavy atom. The highest BCUT2D eigenvalue weighted by atomic mass is 32.1. The molecular formula is C5H6N2OS. The van der Waals surface area contributed by atoms with E-state index in [2.05, 4.69) is 9.69 Å². The minimum absolute atomic E-state index is 0.0825. The van der Waals surface area contributed by atoms with Gasteiger partial charge in [-0.1, -0.05) is 0 Å². The van der Waals surface area contributed by atoms with Crippen molar-refractivity contribution in [3.63, 3.8) is 0 Å². The summed E-state index contributed by atoms with van der Waals surface area (Å²) in [6, 6.07) is 1.76. The molecule has 1 N–H and O–H groups in total. The van der Waals surface area contributed by atoms with Crippen LogP contribution < -0.4 is 5.32 Å². The molecule has 1 rings (SSSR count). The summed E-state index contributed by atoms with van der Waals surface area (Å²) in [5.74, 6) is 0.549. The van der Waals surface area contributed by atoms with Crippen molar-refractivity contribution in [1.29, 1.82) is 0 Å². The van der Waals surface area contributed by atoms with Gasteiger partial charge in [0, 0.05) is 12.3 Å². The van der Waals surface area contributed by atoms with Gasteiger partial charge in [-0.15, -0.1) is 0 Å². The van der Waals surface area contributed by atoms with Crippen LogP contribution in [0.3, 0.4) is 0 Å². The summed E-state index contributed by atoms with van der Waals surface area (Å²) in [5.41, 5.74) is 0. The van der Waals surface area contributed by atoms with Crippen LogP contribution in [0.4, 0.5) is 5.82 Å². The van der Waals surface area contributed by atoms with Crippen molar-refractivity contribution in [1.82, 2.24) is 4.37 Å². The lowest BCUT2D eigenvalue weighted by atomic mass is 10.6. The highest BCUT2D eigenvalue weighted by Crippen LogP contribution is 2.04. The summed E-state index contributed by atoms with van der Waals surface area (Å²) >= 11 is 1.32. The predicted molar refractivity (Wildman–Crippen MR) is 36.4 cm³/mol. The molecule has 48 valence electrons. The van der Waals surface area contributed by atoms with Crippen molar-refractivity contribution in [2.45, 2.75) is 6.92 Å². The standard InChI is InChI=1S/C5H6N2OS/c1-4(8)6-5-2-3-9-7-5/h2-3H,1H3,(H,6,7,8). The number of rotatable bonds is 1. The molecule has 0 bridgehead atoms. The Balaban J connectivity index is 2.58. The molecule has 1 aromatic heterocycles. The van der Waals surface area contributed by atoms with Crippen LogP contribution in [-0.4, -0.2) is 10.3 Å². The Morgan fingerprint density at radius 3 is 3.11 bits per heavy atom. The zero-order valence-corrected chi connectivity index (χ0v) is 5.73. The van der Waals surface area contributed by atoms with Crippen LogP contribution in [0.5, 0.6) is 0 Å². The number of hydrogen-bond donors (Lipinski definition) is 1. The second kappa shape index (κ2) is 2.59. The first kappa shape index (κ1) is 6.22. The number of aromatic nitrogens is 1. The van der Waals surface area contributed by atoms with E-state index in [-0.39, 0.29) is 5.91 Å². The lowest BCUT2D eigenvalue weighted by Gasteiger charge is -1.91. The Hall–Kier alpha value is -0.900. The summed E-state index contributed by atoms with van der Waals surface area (Å²) in [4.78, 5) is 10.4. The molecule has 0 aromatic carbocycles. The normalized spacial score (nSPS) is 9.00. The van der Waals surface area contributed by atoms with E-state index in [9.17, 15) is 4.79 Å². The largest absolute Gasteiger partial charge is 0.310 e. The van der Waals surface area contributed by atoms with E-state index in [4.69, 9.17) is 0 Å². The predicted octanol–water partition coefficient (Wildman–Crippen LogP) is 1.10. The summed E-state index contributed by atoms with van der Waals surface area (Å²) in [6.07, 6.45) is 0. The lowest BCUT2D eigenvalue weighted by Crippen LogP contribution is -2.05. The lowest BCUT2D eigenvalue weighted by molar-refractivity contribution is -0.114. The molecule has 1 amide bonds. The van der Waals surface area contributed by atoms with Crippen molar-refractivity contribution >= 4 is 23.3 Å². The SMILES string of the molecule is CC(=O)Nc1ccsn1. The quantitative estimate of drug-likeness (QED) is 0.638. The number of carbonyl (C=O) groups excluding carboxylic acids is 1. The second-order valence-electron chi connectivity index (χ2n) is 1.57. The van der Waals surface area contributed by atoms with Gasteiger partial charge in [0.25, 0.3) is 0 Å². The summed E-state index contributed by atoms with van der Waals surface area (Å²) in [7, 11) is 0. The van der Waals surface area contributed by atoms with Crippen molar-refractivity contribution in [2.75, 3.05) is 5.32 Å². The fourth-order valence-corrected chi connectivity index (χ4v) is 0.928. The van der Waals surface area contributed by atoms with Gasteiger partial charge in [0.15, 0.2) is 0 Å². The molecule has 4 heteroatoms. The first-order valence-corrected chi connectivity index (χ1v) is 3.30. The average Bonchev–Trinajstić information content (AvgIpc) is 2.15. The molecule has 1 heterocycles. The molecule has 0 saturated heterocycles. The molecular weight excluding hydrogens is 136 g/mol. The van der Waals surface area contributed by atoms with E-state index in [0.29, 0.717) is 5.82 Å². The van der Waals surface area contributed by atoms with E-state index in [1.807, 2.05) is 5.38 Å². The van der Waals surface area contributed by atoms with Crippen LogP contribution >= 0.6 is 11.5 Å². The third kappa shape index (κ3) is 1.81. The molecule has 1 aromatic rings. The number of nitrogens with zero attached hydrogens (tertiary/aromatic N) is 1. The van der Waals surface area contributed by atoms with Crippen LogP contribution in [0.1, 0.15) is 6.92 Å². The van der Waals surface area contributed by atoms with Gasteiger partial charge in [-0.05, 0) is 17.6 Å². The molecule has 0 atom stereocenters. The highest BCUT2D eigenvalue weighted by molar-refractivity contribution is 7.03. The Labute approximate surface area is 56.9 Å². The summed E-state index contributed by atoms with van der Waals surface area (Å²) in [6.45, 7) is 1.46. The molecule has 9 heavy (non-hydrogen) atoms. The van der Waals surface area contributed by atoms with Crippen LogP contribution in [0.25, 0.3) is 0 Å². The van der Waals surface area contributed by atoms with Crippen molar-refractivity contribution < 1.29 is 4.79 Å². The smallest absolute Gasteiger partial charge is 0.222 e. The Bertz CT molecular complexity index is 195. The van der Waals surface area contributed by atoms with E-state index < -0.39 is 0 Å². The van der Waals surface area contributed by atoms with Crippen LogP contribution in [0.2, 0.25) is 0 Å². The minimum atomic E-state index is -0.0825. The Kier molecular flexibility index (Phi) is 1.79. The van der Waals surface area contributed by atoms with Crippen molar-refractivity contribution in [3.8, 4) is 0 Å². The fourth-order valence-electron chi connectivity index (χ4n) is 0.457. The number of amides is 1. The number of carbonyl (C=O) groups is 1. The van der Waals surface area contributed by atoms with E-state index >= 15 is 0 Å². The molecule has 0 spiro atoms. The number of nitrogens with one attached hydrogen (secondary N) is 1. The monoisotopic (exact) mass is 142 g/mol.